The lowest BCUT2D eigenvalue weighted by Gasteiger charge is -2.11. The summed E-state index contributed by atoms with van der Waals surface area (Å²) in [5.74, 6) is 0. The van der Waals surface area contributed by atoms with Gasteiger partial charge in [-0.1, -0.05) is 0 Å². The van der Waals surface area contributed by atoms with Crippen LogP contribution < -0.4 is 0 Å². The van der Waals surface area contributed by atoms with Crippen LogP contribution in [0.5, 0.6) is 0 Å². The zero-order valence-electron chi connectivity index (χ0n) is 4.76. The molecule has 0 aromatic heterocycles. The van der Waals surface area contributed by atoms with Crippen LogP contribution in [0.2, 0.25) is 0 Å². The highest BCUT2D eigenvalue weighted by atomic mass is 15.5. The maximum atomic E-state index is 4.03. The van der Waals surface area contributed by atoms with Crippen LogP contribution in [0.1, 0.15) is 13.3 Å². The molecular weight excluding hydrogens is 88.1 g/mol. The minimum atomic E-state index is 0.625. The Kier molecular flexibility index (Phi) is 1.01. The zero-order valence-corrected chi connectivity index (χ0v) is 4.76. The number of hydrazone groups is 1. The molecule has 0 bridgehead atoms. The molecule has 0 radical (unpaired) electrons. The van der Waals surface area contributed by atoms with Crippen molar-refractivity contribution in [1.82, 2.24) is 5.01 Å². The van der Waals surface area contributed by atoms with Gasteiger partial charge in [-0.2, -0.15) is 5.10 Å². The Morgan fingerprint density at radius 3 is 2.71 bits per heavy atom. The summed E-state index contributed by atoms with van der Waals surface area (Å²) in [7, 11) is 1.99. The minimum Gasteiger partial charge on any atom is -0.297 e. The molecule has 0 aromatic carbocycles. The van der Waals surface area contributed by atoms with E-state index in [0.717, 1.165) is 6.42 Å². The molecule has 1 unspecified atom stereocenters. The fourth-order valence-corrected chi connectivity index (χ4v) is 0.595. The summed E-state index contributed by atoms with van der Waals surface area (Å²) in [4.78, 5) is 0. The molecule has 1 rings (SSSR count). The van der Waals surface area contributed by atoms with Crippen LogP contribution in [0.15, 0.2) is 5.10 Å². The third-order valence-corrected chi connectivity index (χ3v) is 1.35. The first-order valence-electron chi connectivity index (χ1n) is 2.56. The molecule has 2 nitrogen and oxygen atoms in total. The standard InChI is InChI=1S/C5H10N2/c1-5-3-4-6-7(5)2/h4-5H,3H2,1-2H3. The van der Waals surface area contributed by atoms with E-state index in [9.17, 15) is 0 Å². The van der Waals surface area contributed by atoms with Gasteiger partial charge in [0.2, 0.25) is 0 Å². The number of hydrogen-bond acceptors (Lipinski definition) is 2. The van der Waals surface area contributed by atoms with Crippen molar-refractivity contribution >= 4 is 6.21 Å². The quantitative estimate of drug-likeness (QED) is 0.435. The lowest BCUT2D eigenvalue weighted by atomic mass is 10.3. The summed E-state index contributed by atoms with van der Waals surface area (Å²) in [6.45, 7) is 2.16. The predicted molar refractivity (Wildman–Crippen MR) is 30.3 cm³/mol. The van der Waals surface area contributed by atoms with E-state index in [1.165, 1.54) is 0 Å². The first kappa shape index (κ1) is 4.62. The molecule has 0 saturated heterocycles. The van der Waals surface area contributed by atoms with E-state index < -0.39 is 0 Å². The van der Waals surface area contributed by atoms with Crippen molar-refractivity contribution < 1.29 is 0 Å². The summed E-state index contributed by atoms with van der Waals surface area (Å²) in [5, 5.41) is 6.00. The molecule has 1 atom stereocenters. The van der Waals surface area contributed by atoms with Crippen LogP contribution in [0.4, 0.5) is 0 Å². The Morgan fingerprint density at radius 1 is 1.86 bits per heavy atom. The van der Waals surface area contributed by atoms with Gasteiger partial charge in [-0.05, 0) is 6.92 Å². The van der Waals surface area contributed by atoms with E-state index >= 15 is 0 Å². The molecule has 1 aliphatic heterocycles. The summed E-state index contributed by atoms with van der Waals surface area (Å²) >= 11 is 0. The fraction of sp³-hybridized carbons (Fsp3) is 0.800. The highest BCUT2D eigenvalue weighted by Gasteiger charge is 2.08. The lowest BCUT2D eigenvalue weighted by Crippen LogP contribution is -2.17. The van der Waals surface area contributed by atoms with Crippen molar-refractivity contribution in [2.24, 2.45) is 5.10 Å². The van der Waals surface area contributed by atoms with Crippen molar-refractivity contribution in [2.75, 3.05) is 7.05 Å². The Hall–Kier alpha value is -0.530. The Balaban J connectivity index is 2.45. The normalized spacial score (nSPS) is 29.4. The van der Waals surface area contributed by atoms with Crippen molar-refractivity contribution in [2.45, 2.75) is 19.4 Å². The summed E-state index contributed by atoms with van der Waals surface area (Å²) in [6, 6.07) is 0.625. The van der Waals surface area contributed by atoms with Gasteiger partial charge < -0.3 is 0 Å². The van der Waals surface area contributed by atoms with Gasteiger partial charge in [-0.25, -0.2) is 0 Å². The Morgan fingerprint density at radius 2 is 2.57 bits per heavy atom. The third kappa shape index (κ3) is 0.734. The van der Waals surface area contributed by atoms with Crippen LogP contribution in [0.3, 0.4) is 0 Å². The second-order valence-corrected chi connectivity index (χ2v) is 1.96. The first-order chi connectivity index (χ1) is 3.30. The second-order valence-electron chi connectivity index (χ2n) is 1.96. The van der Waals surface area contributed by atoms with Crippen molar-refractivity contribution in [3.8, 4) is 0 Å². The smallest absolute Gasteiger partial charge is 0.0489 e. The molecule has 0 saturated carbocycles. The Labute approximate surface area is 43.8 Å². The topological polar surface area (TPSA) is 15.6 Å². The number of hydrogen-bond donors (Lipinski definition) is 0. The maximum Gasteiger partial charge on any atom is 0.0489 e. The van der Waals surface area contributed by atoms with Gasteiger partial charge in [0, 0.05) is 25.7 Å². The fourth-order valence-electron chi connectivity index (χ4n) is 0.595. The van der Waals surface area contributed by atoms with Gasteiger partial charge in [0.15, 0.2) is 0 Å². The van der Waals surface area contributed by atoms with Gasteiger partial charge in [-0.15, -0.1) is 0 Å². The minimum absolute atomic E-state index is 0.625. The monoisotopic (exact) mass is 98.1 g/mol. The van der Waals surface area contributed by atoms with Crippen molar-refractivity contribution in [1.29, 1.82) is 0 Å². The highest BCUT2D eigenvalue weighted by Crippen LogP contribution is 2.04. The highest BCUT2D eigenvalue weighted by molar-refractivity contribution is 5.59. The van der Waals surface area contributed by atoms with Crippen LogP contribution >= 0.6 is 0 Å². The van der Waals surface area contributed by atoms with Gasteiger partial charge >= 0.3 is 0 Å². The predicted octanol–water partition coefficient (Wildman–Crippen LogP) is 0.696. The van der Waals surface area contributed by atoms with Gasteiger partial charge in [-0.3, -0.25) is 5.01 Å². The molecule has 0 aromatic rings. The molecule has 1 heterocycles. The largest absolute Gasteiger partial charge is 0.297 e. The van der Waals surface area contributed by atoms with E-state index in [1.54, 1.807) is 0 Å². The molecule has 7 heavy (non-hydrogen) atoms. The zero-order chi connectivity index (χ0) is 5.28. The first-order valence-corrected chi connectivity index (χ1v) is 2.56. The van der Waals surface area contributed by atoms with Gasteiger partial charge in [0.25, 0.3) is 0 Å². The molecule has 0 fully saturated rings. The van der Waals surface area contributed by atoms with Crippen molar-refractivity contribution in [3.05, 3.63) is 0 Å². The number of nitrogens with zero attached hydrogens (tertiary/aromatic N) is 2. The molecule has 0 N–H and O–H groups in total. The van der Waals surface area contributed by atoms with Crippen LogP contribution in [0, 0.1) is 0 Å². The van der Waals surface area contributed by atoms with E-state index in [-0.39, 0.29) is 0 Å². The van der Waals surface area contributed by atoms with E-state index in [0.29, 0.717) is 6.04 Å². The van der Waals surface area contributed by atoms with Crippen LogP contribution in [0.25, 0.3) is 0 Å². The summed E-state index contributed by atoms with van der Waals surface area (Å²) in [6.07, 6.45) is 3.06. The molecule has 0 aliphatic carbocycles. The lowest BCUT2D eigenvalue weighted by molar-refractivity contribution is 0.303. The SMILES string of the molecule is CC1CC=NN1C. The molecule has 2 heteroatoms. The Bertz CT molecular complexity index is 88.1. The molecule has 0 spiro atoms. The summed E-state index contributed by atoms with van der Waals surface area (Å²) in [5.41, 5.74) is 0. The summed E-state index contributed by atoms with van der Waals surface area (Å²) < 4.78 is 0. The van der Waals surface area contributed by atoms with E-state index in [2.05, 4.69) is 12.0 Å². The van der Waals surface area contributed by atoms with E-state index in [4.69, 9.17) is 0 Å². The molecule has 1 aliphatic rings. The van der Waals surface area contributed by atoms with E-state index in [1.807, 2.05) is 18.3 Å². The van der Waals surface area contributed by atoms with Gasteiger partial charge in [0.1, 0.15) is 0 Å². The second kappa shape index (κ2) is 1.52. The maximum absolute atomic E-state index is 4.03. The third-order valence-electron chi connectivity index (χ3n) is 1.35. The average molecular weight is 98.1 g/mol. The number of rotatable bonds is 0. The van der Waals surface area contributed by atoms with Gasteiger partial charge in [0.05, 0.1) is 0 Å². The molecule has 0 amide bonds. The average Bonchev–Trinajstić information content (AvgIpc) is 1.91. The van der Waals surface area contributed by atoms with Crippen LogP contribution in [-0.2, 0) is 0 Å². The van der Waals surface area contributed by atoms with Crippen molar-refractivity contribution in [3.63, 3.8) is 0 Å². The molecular formula is C5H10N2. The molecule has 40 valence electrons. The van der Waals surface area contributed by atoms with Crippen LogP contribution in [-0.4, -0.2) is 24.3 Å².